The van der Waals surface area contributed by atoms with Crippen molar-refractivity contribution in [1.29, 1.82) is 5.41 Å². The van der Waals surface area contributed by atoms with Gasteiger partial charge in [0.2, 0.25) is 5.88 Å². The van der Waals surface area contributed by atoms with Crippen LogP contribution in [-0.4, -0.2) is 10.9 Å². The Hall–Kier alpha value is -2.17. The second-order valence-corrected chi connectivity index (χ2v) is 2.94. The number of phenols is 1. The molecule has 6 N–H and O–H groups in total. The summed E-state index contributed by atoms with van der Waals surface area (Å²) in [7, 11) is 0. The third-order valence-corrected chi connectivity index (χ3v) is 1.97. The minimum absolute atomic E-state index is 0.0841. The quantitative estimate of drug-likeness (QED) is 0.398. The van der Waals surface area contributed by atoms with Gasteiger partial charge in [0.1, 0.15) is 17.2 Å². The average molecular weight is 191 g/mol. The van der Waals surface area contributed by atoms with Crippen molar-refractivity contribution >= 4 is 22.7 Å². The molecule has 0 atom stereocenters. The van der Waals surface area contributed by atoms with E-state index in [0.717, 1.165) is 0 Å². The summed E-state index contributed by atoms with van der Waals surface area (Å²) >= 11 is 0. The van der Waals surface area contributed by atoms with Crippen LogP contribution in [0, 0.1) is 5.41 Å². The van der Waals surface area contributed by atoms with Crippen molar-refractivity contribution in [2.24, 2.45) is 5.73 Å². The van der Waals surface area contributed by atoms with Crippen molar-refractivity contribution in [2.45, 2.75) is 0 Å². The highest BCUT2D eigenvalue weighted by molar-refractivity contribution is 6.10. The third kappa shape index (κ3) is 1.06. The smallest absolute Gasteiger partial charge is 0.202 e. The van der Waals surface area contributed by atoms with Crippen molar-refractivity contribution in [2.75, 3.05) is 5.73 Å². The van der Waals surface area contributed by atoms with Crippen LogP contribution in [0.2, 0.25) is 0 Å². The Kier molecular flexibility index (Phi) is 1.60. The van der Waals surface area contributed by atoms with E-state index in [9.17, 15) is 5.11 Å². The van der Waals surface area contributed by atoms with Crippen LogP contribution in [0.5, 0.6) is 5.75 Å². The Morgan fingerprint density at radius 1 is 1.43 bits per heavy atom. The molecular weight excluding hydrogens is 182 g/mol. The molecular formula is C9H9N3O2. The topological polar surface area (TPSA) is 109 Å². The molecule has 5 heteroatoms. The maximum absolute atomic E-state index is 9.25. The average Bonchev–Trinajstić information content (AvgIpc) is 2.40. The number of hydrogen-bond acceptors (Lipinski definition) is 4. The van der Waals surface area contributed by atoms with Crippen molar-refractivity contribution in [3.63, 3.8) is 0 Å². The van der Waals surface area contributed by atoms with Gasteiger partial charge in [0.05, 0.1) is 5.56 Å². The maximum Gasteiger partial charge on any atom is 0.202 e. The molecule has 0 saturated carbocycles. The van der Waals surface area contributed by atoms with E-state index in [4.69, 9.17) is 21.3 Å². The van der Waals surface area contributed by atoms with Gasteiger partial charge in [0, 0.05) is 5.39 Å². The number of furan rings is 1. The first kappa shape index (κ1) is 8.43. The van der Waals surface area contributed by atoms with E-state index in [1.165, 1.54) is 12.1 Å². The Morgan fingerprint density at radius 2 is 2.14 bits per heavy atom. The molecule has 0 fully saturated rings. The maximum atomic E-state index is 9.25. The number of fused-ring (bicyclic) bond motifs is 1. The molecule has 1 aromatic heterocycles. The SMILES string of the molecule is N=C(N)c1c(N)oc2ccc(O)cc12. The molecule has 0 spiro atoms. The second-order valence-electron chi connectivity index (χ2n) is 2.94. The van der Waals surface area contributed by atoms with Gasteiger partial charge in [-0.25, -0.2) is 0 Å². The predicted octanol–water partition coefficient (Wildman–Crippen LogP) is 1.00. The number of rotatable bonds is 1. The van der Waals surface area contributed by atoms with E-state index >= 15 is 0 Å². The van der Waals surface area contributed by atoms with Crippen molar-refractivity contribution in [3.8, 4) is 5.75 Å². The number of amidine groups is 1. The zero-order valence-electron chi connectivity index (χ0n) is 7.24. The largest absolute Gasteiger partial charge is 0.508 e. The van der Waals surface area contributed by atoms with Gasteiger partial charge in [-0.1, -0.05) is 0 Å². The molecule has 14 heavy (non-hydrogen) atoms. The first-order chi connectivity index (χ1) is 6.59. The number of anilines is 1. The highest BCUT2D eigenvalue weighted by atomic mass is 16.3. The lowest BCUT2D eigenvalue weighted by atomic mass is 10.1. The van der Waals surface area contributed by atoms with Gasteiger partial charge in [-0.15, -0.1) is 0 Å². The molecule has 0 radical (unpaired) electrons. The fraction of sp³-hybridized carbons (Fsp3) is 0. The molecule has 0 bridgehead atoms. The van der Waals surface area contributed by atoms with Crippen molar-refractivity contribution in [1.82, 2.24) is 0 Å². The second kappa shape index (κ2) is 2.66. The van der Waals surface area contributed by atoms with E-state index in [2.05, 4.69) is 0 Å². The summed E-state index contributed by atoms with van der Waals surface area (Å²) in [6.07, 6.45) is 0. The highest BCUT2D eigenvalue weighted by Gasteiger charge is 2.14. The lowest BCUT2D eigenvalue weighted by molar-refractivity contribution is 0.476. The van der Waals surface area contributed by atoms with E-state index in [1.54, 1.807) is 6.07 Å². The molecule has 0 aliphatic carbocycles. The first-order valence-electron chi connectivity index (χ1n) is 3.95. The van der Waals surface area contributed by atoms with Gasteiger partial charge in [-0.05, 0) is 18.2 Å². The number of hydrogen-bond donors (Lipinski definition) is 4. The molecule has 0 saturated heterocycles. The molecule has 0 aliphatic rings. The van der Waals surface area contributed by atoms with Crippen LogP contribution in [0.1, 0.15) is 5.56 Å². The third-order valence-electron chi connectivity index (χ3n) is 1.97. The lowest BCUT2D eigenvalue weighted by Crippen LogP contribution is -2.12. The summed E-state index contributed by atoms with van der Waals surface area (Å²) in [5, 5.41) is 17.1. The van der Waals surface area contributed by atoms with Crippen LogP contribution >= 0.6 is 0 Å². The van der Waals surface area contributed by atoms with Gasteiger partial charge in [0.25, 0.3) is 0 Å². The minimum Gasteiger partial charge on any atom is -0.508 e. The molecule has 0 unspecified atom stereocenters. The molecule has 1 aromatic carbocycles. The van der Waals surface area contributed by atoms with Gasteiger partial charge in [-0.3, -0.25) is 5.41 Å². The Balaban J connectivity index is 2.86. The number of nitrogen functional groups attached to an aromatic ring is 2. The summed E-state index contributed by atoms with van der Waals surface area (Å²) in [6.45, 7) is 0. The number of phenolic OH excluding ortho intramolecular Hbond substituents is 1. The van der Waals surface area contributed by atoms with Crippen molar-refractivity contribution < 1.29 is 9.52 Å². The van der Waals surface area contributed by atoms with E-state index in [0.29, 0.717) is 16.5 Å². The van der Waals surface area contributed by atoms with Crippen molar-refractivity contribution in [3.05, 3.63) is 23.8 Å². The molecule has 2 rings (SSSR count). The molecule has 72 valence electrons. The van der Waals surface area contributed by atoms with Crippen LogP contribution in [-0.2, 0) is 0 Å². The Morgan fingerprint density at radius 3 is 2.79 bits per heavy atom. The van der Waals surface area contributed by atoms with Gasteiger partial charge < -0.3 is 21.0 Å². The monoisotopic (exact) mass is 191 g/mol. The standard InChI is InChI=1S/C9H9N3O2/c10-8(11)7-5-3-4(13)1-2-6(5)14-9(7)12/h1-3,13H,12H2,(H3,10,11). The number of nitrogens with one attached hydrogen (secondary N) is 1. The summed E-state index contributed by atoms with van der Waals surface area (Å²) in [4.78, 5) is 0. The van der Waals surface area contributed by atoms with Crippen LogP contribution < -0.4 is 11.5 Å². The van der Waals surface area contributed by atoms with Crippen LogP contribution in [0.25, 0.3) is 11.0 Å². The van der Waals surface area contributed by atoms with Crippen LogP contribution in [0.3, 0.4) is 0 Å². The Labute approximate surface area is 79.4 Å². The number of nitrogens with two attached hydrogens (primary N) is 2. The molecule has 5 nitrogen and oxygen atoms in total. The predicted molar refractivity (Wildman–Crippen MR) is 53.3 cm³/mol. The molecule has 0 amide bonds. The summed E-state index contributed by atoms with van der Waals surface area (Å²) < 4.78 is 5.16. The highest BCUT2D eigenvalue weighted by Crippen LogP contribution is 2.29. The number of aromatic hydroxyl groups is 1. The Bertz CT molecular complexity index is 516. The minimum atomic E-state index is -0.174. The summed E-state index contributed by atoms with van der Waals surface area (Å²) in [6, 6.07) is 4.52. The zero-order chi connectivity index (χ0) is 10.3. The molecule has 2 aromatic rings. The summed E-state index contributed by atoms with van der Waals surface area (Å²) in [5.41, 5.74) is 11.7. The first-order valence-corrected chi connectivity index (χ1v) is 3.95. The van der Waals surface area contributed by atoms with Gasteiger partial charge >= 0.3 is 0 Å². The fourth-order valence-corrected chi connectivity index (χ4v) is 1.38. The normalized spacial score (nSPS) is 10.6. The van der Waals surface area contributed by atoms with Crippen LogP contribution in [0.15, 0.2) is 22.6 Å². The zero-order valence-corrected chi connectivity index (χ0v) is 7.24. The van der Waals surface area contributed by atoms with E-state index in [-0.39, 0.29) is 17.5 Å². The van der Waals surface area contributed by atoms with E-state index < -0.39 is 0 Å². The van der Waals surface area contributed by atoms with Crippen LogP contribution in [0.4, 0.5) is 5.88 Å². The van der Waals surface area contributed by atoms with Gasteiger partial charge in [0.15, 0.2) is 0 Å². The molecule has 0 aliphatic heterocycles. The summed E-state index contributed by atoms with van der Waals surface area (Å²) in [5.74, 6) is 0.00532. The fourth-order valence-electron chi connectivity index (χ4n) is 1.38. The lowest BCUT2D eigenvalue weighted by Gasteiger charge is -1.95. The molecule has 1 heterocycles. The van der Waals surface area contributed by atoms with Gasteiger partial charge in [-0.2, -0.15) is 0 Å². The number of benzene rings is 1. The van der Waals surface area contributed by atoms with E-state index in [1.807, 2.05) is 0 Å².